The number of nitrogens with zero attached hydrogens (tertiary/aromatic N) is 3. The zero-order valence-electron chi connectivity index (χ0n) is 37.1. The van der Waals surface area contributed by atoms with Crippen molar-refractivity contribution in [2.45, 2.75) is 85.6 Å². The van der Waals surface area contributed by atoms with Crippen LogP contribution >= 0.6 is 11.3 Å². The van der Waals surface area contributed by atoms with Gasteiger partial charge in [-0.05, 0) is 75.9 Å². The molecule has 0 amide bonds. The minimum atomic E-state index is -1.44. The molecule has 4 heterocycles. The van der Waals surface area contributed by atoms with E-state index in [1.807, 2.05) is 29.5 Å². The molecule has 0 saturated heterocycles. The molecule has 0 radical (unpaired) electrons. The van der Waals surface area contributed by atoms with E-state index in [0.717, 1.165) is 50.9 Å². The van der Waals surface area contributed by atoms with Crippen LogP contribution in [0.1, 0.15) is 81.8 Å². The van der Waals surface area contributed by atoms with Gasteiger partial charge in [-0.3, -0.25) is 0 Å². The van der Waals surface area contributed by atoms with Gasteiger partial charge in [0, 0.05) is 27.7 Å². The van der Waals surface area contributed by atoms with E-state index >= 15 is 0 Å². The topological polar surface area (TPSA) is 43.4 Å². The predicted octanol–water partition coefficient (Wildman–Crippen LogP) is 16.1. The first-order valence-corrected chi connectivity index (χ1v) is 26.1. The zero-order valence-corrected chi connectivity index (χ0v) is 41.3. The van der Waals surface area contributed by atoms with Gasteiger partial charge in [0.05, 0.1) is 13.7 Å². The summed E-state index contributed by atoms with van der Waals surface area (Å²) < 4.78 is 8.79. The first kappa shape index (κ1) is 43.6. The van der Waals surface area contributed by atoms with Crippen molar-refractivity contribution in [3.8, 4) is 11.3 Å². The minimum absolute atomic E-state index is 0. The van der Waals surface area contributed by atoms with Gasteiger partial charge in [0.2, 0.25) is 0 Å². The maximum Gasteiger partial charge on any atom is 3.00 e. The van der Waals surface area contributed by atoms with Gasteiger partial charge in [-0.1, -0.05) is 161 Å². The fraction of sp³-hybridized carbons (Fsp3) is 0.255. The van der Waals surface area contributed by atoms with Crippen molar-refractivity contribution in [2.75, 3.05) is 4.90 Å². The molecule has 1 aliphatic heterocycles. The molecule has 6 aromatic carbocycles. The van der Waals surface area contributed by atoms with E-state index in [-0.39, 0.29) is 26.3 Å². The number of benzene rings is 6. The Labute approximate surface area is 385 Å². The largest absolute Gasteiger partial charge is 3.00 e. The first-order chi connectivity index (χ1) is 29.4. The second-order valence-electron chi connectivity index (χ2n) is 18.5. The Morgan fingerprint density at radius 3 is 2.16 bits per heavy atom. The smallest absolute Gasteiger partial charge is 0.661 e. The fourth-order valence-corrected chi connectivity index (χ4v) is 11.6. The minimum Gasteiger partial charge on any atom is -0.661 e. The third-order valence-electron chi connectivity index (χ3n) is 11.9. The summed E-state index contributed by atoms with van der Waals surface area (Å²) in [7, 11) is -1.44. The molecule has 4 nitrogen and oxygen atoms in total. The van der Waals surface area contributed by atoms with E-state index in [9.17, 15) is 0 Å². The Hall–Kier alpha value is -5.04. The van der Waals surface area contributed by atoms with Crippen molar-refractivity contribution >= 4 is 83.8 Å². The van der Waals surface area contributed by atoms with Crippen molar-refractivity contribution in [3.63, 3.8) is 0 Å². The standard InChI is InChI=1S/C31H28N2S.C24H26NOSi.Ir/c1-19(2)22-11-9-12-23(20(3)4)30(22)33-27-14-7-6-13-26(27)32-31(33)21-16-17-29-25(18-21)24-10-5-8-15-28(24)34-29;1-16(2)13-17-14-21(25-15-23(17)27(3,4)5)20-11-8-10-19-18-9-6-7-12-22(18)26-24(19)20;/h5-15,17-20,31H,1-4H3;6-10,12,14-16H,13H2,1-5H3;/q-2;-1;+3. The van der Waals surface area contributed by atoms with Gasteiger partial charge in [-0.2, -0.15) is 23.8 Å². The van der Waals surface area contributed by atoms with E-state index in [1.165, 1.54) is 53.4 Å². The number of furan rings is 1. The predicted molar refractivity (Wildman–Crippen MR) is 264 cm³/mol. The number of rotatable bonds is 8. The SMILES string of the molecule is CC(C)Cc1cc(-c2[c-]ccc3c2oc2ccccc23)ncc1[Si](C)(C)C.CC(C)c1cccc(C(C)C)c1N1c2ccccc2[N-]C1c1[c-]cc2sc3ccccc3c2c1.[Ir+3]. The molecule has 62 heavy (non-hydrogen) atoms. The number of fused-ring (bicyclic) bond motifs is 7. The Kier molecular flexibility index (Phi) is 12.4. The number of aromatic nitrogens is 1. The van der Waals surface area contributed by atoms with Crippen molar-refractivity contribution in [1.82, 2.24) is 4.98 Å². The Morgan fingerprint density at radius 1 is 0.742 bits per heavy atom. The third-order valence-corrected chi connectivity index (χ3v) is 15.1. The van der Waals surface area contributed by atoms with Crippen LogP contribution in [0.2, 0.25) is 19.6 Å². The van der Waals surface area contributed by atoms with Crippen LogP contribution in [0.4, 0.5) is 17.1 Å². The van der Waals surface area contributed by atoms with Crippen molar-refractivity contribution in [3.05, 3.63) is 167 Å². The van der Waals surface area contributed by atoms with Gasteiger partial charge in [-0.25, -0.2) is 11.3 Å². The van der Waals surface area contributed by atoms with Gasteiger partial charge in [0.15, 0.2) is 0 Å². The summed E-state index contributed by atoms with van der Waals surface area (Å²) in [5, 5.41) is 11.6. The first-order valence-electron chi connectivity index (χ1n) is 21.7. The van der Waals surface area contributed by atoms with Crippen LogP contribution in [0.25, 0.3) is 58.7 Å². The van der Waals surface area contributed by atoms with Crippen LogP contribution in [0, 0.1) is 18.1 Å². The monoisotopic (exact) mass is 1030 g/mol. The zero-order chi connectivity index (χ0) is 42.6. The molecule has 9 aromatic rings. The maximum atomic E-state index is 6.19. The van der Waals surface area contributed by atoms with Crippen LogP contribution in [0.5, 0.6) is 0 Å². The normalized spacial score (nSPS) is 13.9. The van der Waals surface area contributed by atoms with Crippen LogP contribution in [-0.4, -0.2) is 13.1 Å². The molecule has 0 fully saturated rings. The van der Waals surface area contributed by atoms with Gasteiger partial charge in [0.25, 0.3) is 0 Å². The fourth-order valence-electron chi connectivity index (χ4n) is 8.97. The average Bonchev–Trinajstić information content (AvgIpc) is 3.94. The molecule has 7 heteroatoms. The summed E-state index contributed by atoms with van der Waals surface area (Å²) in [6.45, 7) is 20.9. The molecule has 0 saturated carbocycles. The molecule has 1 atom stereocenters. The van der Waals surface area contributed by atoms with E-state index < -0.39 is 8.07 Å². The Bertz CT molecular complexity index is 3020. The molecule has 0 N–H and O–H groups in total. The quantitative estimate of drug-likeness (QED) is 0.113. The molecule has 10 rings (SSSR count). The van der Waals surface area contributed by atoms with Crippen LogP contribution in [-0.2, 0) is 26.5 Å². The number of anilines is 2. The van der Waals surface area contributed by atoms with E-state index in [0.29, 0.717) is 17.8 Å². The molecular weight excluding hydrogens is 971 g/mol. The van der Waals surface area contributed by atoms with E-state index in [4.69, 9.17) is 14.7 Å². The summed E-state index contributed by atoms with van der Waals surface area (Å²) in [5.41, 5.74) is 12.5. The number of hydrogen-bond donors (Lipinski definition) is 0. The summed E-state index contributed by atoms with van der Waals surface area (Å²) in [4.78, 5) is 7.31. The molecular formula is C55H54IrN3OSSi. The van der Waals surface area contributed by atoms with E-state index in [1.54, 1.807) is 0 Å². The second kappa shape index (κ2) is 17.6. The van der Waals surface area contributed by atoms with Crippen LogP contribution in [0.15, 0.2) is 132 Å². The summed E-state index contributed by atoms with van der Waals surface area (Å²) in [6, 6.07) is 50.0. The van der Waals surface area contributed by atoms with Crippen molar-refractivity contribution < 1.29 is 24.5 Å². The van der Waals surface area contributed by atoms with Gasteiger partial charge in [-0.15, -0.1) is 29.3 Å². The van der Waals surface area contributed by atoms with Crippen molar-refractivity contribution in [2.24, 2.45) is 5.92 Å². The molecule has 0 bridgehead atoms. The molecule has 0 spiro atoms. The van der Waals surface area contributed by atoms with Crippen LogP contribution in [0.3, 0.4) is 0 Å². The molecule has 1 aliphatic rings. The number of para-hydroxylation sites is 4. The summed E-state index contributed by atoms with van der Waals surface area (Å²) >= 11 is 1.83. The molecule has 0 aliphatic carbocycles. The number of hydrogen-bond acceptors (Lipinski definition) is 4. The maximum absolute atomic E-state index is 6.19. The van der Waals surface area contributed by atoms with Gasteiger partial charge < -0.3 is 19.6 Å². The Balaban J connectivity index is 0.000000172. The third kappa shape index (κ3) is 8.17. The summed E-state index contributed by atoms with van der Waals surface area (Å²) in [5.74, 6) is 1.44. The average molecular weight is 1030 g/mol. The summed E-state index contributed by atoms with van der Waals surface area (Å²) in [6.07, 6.45) is 3.04. The van der Waals surface area contributed by atoms with E-state index in [2.05, 4.69) is 188 Å². The molecule has 1 unspecified atom stereocenters. The van der Waals surface area contributed by atoms with Crippen molar-refractivity contribution in [1.29, 1.82) is 0 Å². The second-order valence-corrected chi connectivity index (χ2v) is 24.6. The number of thiophene rings is 1. The number of pyridine rings is 1. The van der Waals surface area contributed by atoms with Crippen LogP contribution < -0.4 is 10.1 Å². The van der Waals surface area contributed by atoms with Gasteiger partial charge in [0.1, 0.15) is 5.58 Å². The Morgan fingerprint density at radius 2 is 1.44 bits per heavy atom. The molecule has 314 valence electrons. The van der Waals surface area contributed by atoms with Gasteiger partial charge >= 0.3 is 20.1 Å². The molecule has 3 aromatic heterocycles.